The lowest BCUT2D eigenvalue weighted by Crippen LogP contribution is -2.08. The van der Waals surface area contributed by atoms with Gasteiger partial charge in [-0.05, 0) is 13.8 Å². The third kappa shape index (κ3) is 3.88. The van der Waals surface area contributed by atoms with Crippen molar-refractivity contribution in [2.45, 2.75) is 13.8 Å². The fraction of sp³-hybridized carbons (Fsp3) is 0.667. The second-order valence-electron chi connectivity index (χ2n) is 1.37. The molecule has 0 aliphatic rings. The predicted molar refractivity (Wildman–Crippen MR) is 40.2 cm³/mol. The van der Waals surface area contributed by atoms with Gasteiger partial charge in [-0.3, -0.25) is 0 Å². The highest BCUT2D eigenvalue weighted by Gasteiger charge is 1.95. The summed E-state index contributed by atoms with van der Waals surface area (Å²) in [6.45, 7) is 7.90. The van der Waals surface area contributed by atoms with E-state index in [-0.39, 0.29) is 6.08 Å². The van der Waals surface area contributed by atoms with Gasteiger partial charge in [-0.25, -0.2) is 0 Å². The van der Waals surface area contributed by atoms with E-state index in [2.05, 4.69) is 16.9 Å². The fourth-order valence-electron chi connectivity index (χ4n) is 0.404. The molecule has 0 aromatic carbocycles. The van der Waals surface area contributed by atoms with Crippen LogP contribution < -0.4 is 0 Å². The molecule has 0 aliphatic heterocycles. The van der Waals surface area contributed by atoms with Crippen LogP contribution >= 0.6 is 0 Å². The van der Waals surface area contributed by atoms with Crippen LogP contribution in [-0.4, -0.2) is 26.0 Å². The molecular formula is C6H12N2O2. The molecule has 58 valence electrons. The van der Waals surface area contributed by atoms with Gasteiger partial charge in [0.05, 0.1) is 13.2 Å². The molecule has 0 spiro atoms. The first-order valence-electron chi connectivity index (χ1n) is 3.14. The third-order valence-electron chi connectivity index (χ3n) is 0.688. The molecule has 0 saturated carbocycles. The Hall–Kier alpha value is -1.06. The Morgan fingerprint density at radius 2 is 1.80 bits per heavy atom. The van der Waals surface area contributed by atoms with Crippen molar-refractivity contribution >= 4 is 12.8 Å². The summed E-state index contributed by atoms with van der Waals surface area (Å²) in [5.74, 6) is 0. The van der Waals surface area contributed by atoms with Crippen LogP contribution in [0.2, 0.25) is 0 Å². The lowest BCUT2D eigenvalue weighted by molar-refractivity contribution is 0.180. The zero-order valence-electron chi connectivity index (χ0n) is 6.33. The highest BCUT2D eigenvalue weighted by atomic mass is 16.7. The van der Waals surface area contributed by atoms with Crippen molar-refractivity contribution in [1.29, 1.82) is 0 Å². The van der Waals surface area contributed by atoms with Crippen LogP contribution in [0.15, 0.2) is 10.2 Å². The summed E-state index contributed by atoms with van der Waals surface area (Å²) < 4.78 is 9.83. The van der Waals surface area contributed by atoms with Gasteiger partial charge in [-0.1, -0.05) is 5.10 Å². The molecule has 0 rings (SSSR count). The topological polar surface area (TPSA) is 43.2 Å². The van der Waals surface area contributed by atoms with Crippen LogP contribution in [0.4, 0.5) is 0 Å². The lowest BCUT2D eigenvalue weighted by Gasteiger charge is -2.03. The number of hydrogen-bond acceptors (Lipinski definition) is 4. The quantitative estimate of drug-likeness (QED) is 0.337. The molecule has 0 aliphatic carbocycles. The molecule has 0 unspecified atom stereocenters. The van der Waals surface area contributed by atoms with E-state index < -0.39 is 0 Å². The van der Waals surface area contributed by atoms with E-state index in [9.17, 15) is 0 Å². The minimum Gasteiger partial charge on any atom is -0.450 e. The zero-order valence-corrected chi connectivity index (χ0v) is 6.33. The van der Waals surface area contributed by atoms with Crippen molar-refractivity contribution < 1.29 is 9.47 Å². The van der Waals surface area contributed by atoms with Crippen LogP contribution in [0.1, 0.15) is 13.8 Å². The number of rotatable bonds is 3. The van der Waals surface area contributed by atoms with Crippen molar-refractivity contribution in [3.05, 3.63) is 0 Å². The fourth-order valence-corrected chi connectivity index (χ4v) is 0.404. The van der Waals surface area contributed by atoms with Gasteiger partial charge in [0.25, 0.3) is 0 Å². The SMILES string of the molecule is C=NN=C(OCC)OCC. The van der Waals surface area contributed by atoms with E-state index in [0.29, 0.717) is 13.2 Å². The van der Waals surface area contributed by atoms with Crippen molar-refractivity contribution in [1.82, 2.24) is 0 Å². The second kappa shape index (κ2) is 6.07. The monoisotopic (exact) mass is 144 g/mol. The van der Waals surface area contributed by atoms with Crippen molar-refractivity contribution in [3.8, 4) is 0 Å². The molecule has 0 fully saturated rings. The van der Waals surface area contributed by atoms with Gasteiger partial charge in [0, 0.05) is 6.72 Å². The largest absolute Gasteiger partial charge is 0.450 e. The number of hydrogen-bond donors (Lipinski definition) is 0. The smallest absolute Gasteiger partial charge is 0.407 e. The normalized spacial score (nSPS) is 8.20. The standard InChI is InChI=1S/C6H12N2O2/c1-4-9-6(8-7-3)10-5-2/h3-5H2,1-2H3. The molecule has 0 bridgehead atoms. The minimum atomic E-state index is 0.181. The molecule has 0 aromatic rings. The summed E-state index contributed by atoms with van der Waals surface area (Å²) in [4.78, 5) is 0. The maximum Gasteiger partial charge on any atom is 0.407 e. The van der Waals surface area contributed by atoms with Crippen molar-refractivity contribution in [3.63, 3.8) is 0 Å². The summed E-state index contributed by atoms with van der Waals surface area (Å²) in [5.41, 5.74) is 0. The molecule has 4 heteroatoms. The van der Waals surface area contributed by atoms with E-state index in [4.69, 9.17) is 9.47 Å². The molecule has 0 amide bonds. The van der Waals surface area contributed by atoms with Crippen LogP contribution in [0.25, 0.3) is 0 Å². The number of nitrogens with zero attached hydrogens (tertiary/aromatic N) is 2. The van der Waals surface area contributed by atoms with Crippen LogP contribution in [-0.2, 0) is 9.47 Å². The summed E-state index contributed by atoms with van der Waals surface area (Å²) >= 11 is 0. The average molecular weight is 144 g/mol. The molecule has 0 heterocycles. The second-order valence-corrected chi connectivity index (χ2v) is 1.37. The Bertz CT molecular complexity index is 115. The Balaban J connectivity index is 3.71. The molecular weight excluding hydrogens is 132 g/mol. The zero-order chi connectivity index (χ0) is 7.82. The molecule has 4 nitrogen and oxygen atoms in total. The van der Waals surface area contributed by atoms with Gasteiger partial charge < -0.3 is 9.47 Å². The van der Waals surface area contributed by atoms with Gasteiger partial charge in [0.2, 0.25) is 0 Å². The summed E-state index contributed by atoms with van der Waals surface area (Å²) in [6, 6.07) is 0. The van der Waals surface area contributed by atoms with Crippen LogP contribution in [0, 0.1) is 0 Å². The maximum atomic E-state index is 4.92. The van der Waals surface area contributed by atoms with Gasteiger partial charge in [0.15, 0.2) is 0 Å². The Morgan fingerprint density at radius 3 is 2.10 bits per heavy atom. The molecule has 0 radical (unpaired) electrons. The first-order chi connectivity index (χ1) is 4.85. The third-order valence-corrected chi connectivity index (χ3v) is 0.688. The Kier molecular flexibility index (Phi) is 5.42. The minimum absolute atomic E-state index is 0.181. The predicted octanol–water partition coefficient (Wildman–Crippen LogP) is 1.03. The van der Waals surface area contributed by atoms with E-state index in [1.165, 1.54) is 0 Å². The molecule has 0 N–H and O–H groups in total. The summed E-state index contributed by atoms with van der Waals surface area (Å²) in [6.07, 6.45) is 0.181. The molecule has 10 heavy (non-hydrogen) atoms. The van der Waals surface area contributed by atoms with E-state index in [1.807, 2.05) is 13.8 Å². The van der Waals surface area contributed by atoms with Crippen LogP contribution in [0.5, 0.6) is 0 Å². The lowest BCUT2D eigenvalue weighted by atomic mass is 10.8. The average Bonchev–Trinajstić information content (AvgIpc) is 1.90. The van der Waals surface area contributed by atoms with Gasteiger partial charge in [0.1, 0.15) is 0 Å². The first kappa shape index (κ1) is 8.94. The van der Waals surface area contributed by atoms with Gasteiger partial charge in [-0.2, -0.15) is 5.10 Å². The molecule has 0 aromatic heterocycles. The maximum absolute atomic E-state index is 4.92. The van der Waals surface area contributed by atoms with Crippen molar-refractivity contribution in [2.24, 2.45) is 10.2 Å². The highest BCUT2D eigenvalue weighted by molar-refractivity contribution is 5.66. The summed E-state index contributed by atoms with van der Waals surface area (Å²) in [5, 5.41) is 6.75. The Labute approximate surface area is 60.6 Å². The summed E-state index contributed by atoms with van der Waals surface area (Å²) in [7, 11) is 0. The van der Waals surface area contributed by atoms with E-state index >= 15 is 0 Å². The van der Waals surface area contributed by atoms with Gasteiger partial charge >= 0.3 is 6.08 Å². The molecule has 0 saturated heterocycles. The van der Waals surface area contributed by atoms with E-state index in [0.717, 1.165) is 0 Å². The first-order valence-corrected chi connectivity index (χ1v) is 3.14. The van der Waals surface area contributed by atoms with Gasteiger partial charge in [-0.15, -0.1) is 0 Å². The van der Waals surface area contributed by atoms with Crippen LogP contribution in [0.3, 0.4) is 0 Å². The van der Waals surface area contributed by atoms with E-state index in [1.54, 1.807) is 0 Å². The number of ether oxygens (including phenoxy) is 2. The van der Waals surface area contributed by atoms with Crippen molar-refractivity contribution in [2.75, 3.05) is 13.2 Å². The highest BCUT2D eigenvalue weighted by Crippen LogP contribution is 1.86. The molecule has 0 atom stereocenters. The Morgan fingerprint density at radius 1 is 1.30 bits per heavy atom.